The Balaban J connectivity index is 1.56. The van der Waals surface area contributed by atoms with Gasteiger partial charge < -0.3 is 4.74 Å². The number of thiazole rings is 1. The third-order valence-electron chi connectivity index (χ3n) is 4.21. The summed E-state index contributed by atoms with van der Waals surface area (Å²) in [5.41, 5.74) is 3.35. The van der Waals surface area contributed by atoms with Gasteiger partial charge in [0.25, 0.3) is 0 Å². The zero-order valence-electron chi connectivity index (χ0n) is 13.3. The summed E-state index contributed by atoms with van der Waals surface area (Å²) in [5.74, 6) is 0. The normalized spacial score (nSPS) is 18.6. The van der Waals surface area contributed by atoms with Crippen molar-refractivity contribution in [2.75, 3.05) is 19.8 Å². The SMILES string of the molecule is c1ccc(-c2nc([C@@H]3COCCN3Cc3ccccn3)cs2)cc1. The van der Waals surface area contributed by atoms with Gasteiger partial charge in [-0.05, 0) is 12.1 Å². The van der Waals surface area contributed by atoms with Crippen LogP contribution in [0.15, 0.2) is 60.1 Å². The Morgan fingerprint density at radius 1 is 1.12 bits per heavy atom. The van der Waals surface area contributed by atoms with Crippen LogP contribution >= 0.6 is 11.3 Å². The fourth-order valence-electron chi connectivity index (χ4n) is 2.95. The van der Waals surface area contributed by atoms with Crippen LogP contribution in [0.5, 0.6) is 0 Å². The molecule has 5 heteroatoms. The molecule has 0 bridgehead atoms. The predicted octanol–water partition coefficient (Wildman–Crippen LogP) is 3.78. The Bertz CT molecular complexity index is 776. The van der Waals surface area contributed by atoms with Crippen molar-refractivity contribution in [3.63, 3.8) is 0 Å². The average Bonchev–Trinajstić information content (AvgIpc) is 3.14. The fraction of sp³-hybridized carbons (Fsp3) is 0.263. The summed E-state index contributed by atoms with van der Waals surface area (Å²) in [6, 6.07) is 16.6. The third kappa shape index (κ3) is 3.38. The Hall–Kier alpha value is -2.08. The van der Waals surface area contributed by atoms with E-state index < -0.39 is 0 Å². The molecular formula is C19H19N3OS. The molecule has 3 heterocycles. The summed E-state index contributed by atoms with van der Waals surface area (Å²) in [5, 5.41) is 3.22. The van der Waals surface area contributed by atoms with Crippen LogP contribution in [0.2, 0.25) is 0 Å². The predicted molar refractivity (Wildman–Crippen MR) is 95.8 cm³/mol. The quantitative estimate of drug-likeness (QED) is 0.726. The van der Waals surface area contributed by atoms with Gasteiger partial charge in [0, 0.05) is 30.2 Å². The van der Waals surface area contributed by atoms with Gasteiger partial charge in [-0.3, -0.25) is 9.88 Å². The van der Waals surface area contributed by atoms with Crippen LogP contribution in [0.1, 0.15) is 17.4 Å². The number of hydrogen-bond donors (Lipinski definition) is 0. The van der Waals surface area contributed by atoms with Gasteiger partial charge in [-0.1, -0.05) is 36.4 Å². The van der Waals surface area contributed by atoms with E-state index in [1.165, 1.54) is 5.56 Å². The first-order valence-electron chi connectivity index (χ1n) is 8.13. The van der Waals surface area contributed by atoms with Crippen LogP contribution in [0.3, 0.4) is 0 Å². The fourth-order valence-corrected chi connectivity index (χ4v) is 3.82. The second-order valence-electron chi connectivity index (χ2n) is 5.83. The van der Waals surface area contributed by atoms with E-state index in [2.05, 4.69) is 33.5 Å². The van der Waals surface area contributed by atoms with Crippen molar-refractivity contribution < 1.29 is 4.74 Å². The number of nitrogens with zero attached hydrogens (tertiary/aromatic N) is 3. The molecule has 0 radical (unpaired) electrons. The van der Waals surface area contributed by atoms with E-state index in [1.807, 2.05) is 36.5 Å². The number of benzene rings is 1. The van der Waals surface area contributed by atoms with E-state index in [0.29, 0.717) is 6.61 Å². The van der Waals surface area contributed by atoms with Crippen LogP contribution in [0.4, 0.5) is 0 Å². The lowest BCUT2D eigenvalue weighted by Gasteiger charge is -2.34. The molecule has 0 saturated carbocycles. The standard InChI is InChI=1S/C19H19N3OS/c1-2-6-15(7-3-1)19-21-17(14-24-19)18-13-23-11-10-22(18)12-16-8-4-5-9-20-16/h1-9,14,18H,10-13H2/t18-/m0/s1. The molecule has 0 spiro atoms. The van der Waals surface area contributed by atoms with Crippen LogP contribution in [0.25, 0.3) is 10.6 Å². The van der Waals surface area contributed by atoms with Gasteiger partial charge in [0.1, 0.15) is 5.01 Å². The Labute approximate surface area is 145 Å². The topological polar surface area (TPSA) is 38.2 Å². The number of pyridine rings is 1. The zero-order valence-corrected chi connectivity index (χ0v) is 14.2. The van der Waals surface area contributed by atoms with Crippen molar-refractivity contribution in [2.24, 2.45) is 0 Å². The van der Waals surface area contributed by atoms with Gasteiger partial charge in [-0.2, -0.15) is 0 Å². The maximum absolute atomic E-state index is 5.72. The Morgan fingerprint density at radius 2 is 2.00 bits per heavy atom. The molecule has 122 valence electrons. The molecule has 1 saturated heterocycles. The van der Waals surface area contributed by atoms with E-state index in [-0.39, 0.29) is 6.04 Å². The first-order chi connectivity index (χ1) is 11.9. The summed E-state index contributed by atoms with van der Waals surface area (Å²) >= 11 is 1.70. The summed E-state index contributed by atoms with van der Waals surface area (Å²) in [4.78, 5) is 11.7. The van der Waals surface area contributed by atoms with Gasteiger partial charge in [0.2, 0.25) is 0 Å². The lowest BCUT2D eigenvalue weighted by molar-refractivity contribution is -0.0145. The van der Waals surface area contributed by atoms with Crippen molar-refractivity contribution in [3.8, 4) is 10.6 Å². The van der Waals surface area contributed by atoms with Crippen LogP contribution in [0, 0.1) is 0 Å². The van der Waals surface area contributed by atoms with E-state index in [9.17, 15) is 0 Å². The zero-order chi connectivity index (χ0) is 16.2. The molecule has 0 unspecified atom stereocenters. The van der Waals surface area contributed by atoms with Gasteiger partial charge in [0.15, 0.2) is 0 Å². The average molecular weight is 337 g/mol. The molecule has 0 aliphatic carbocycles. The van der Waals surface area contributed by atoms with Gasteiger partial charge in [0.05, 0.1) is 30.6 Å². The third-order valence-corrected chi connectivity index (χ3v) is 5.12. The van der Waals surface area contributed by atoms with Gasteiger partial charge in [-0.25, -0.2) is 4.98 Å². The van der Waals surface area contributed by atoms with Crippen molar-refractivity contribution in [2.45, 2.75) is 12.6 Å². The van der Waals surface area contributed by atoms with Crippen molar-refractivity contribution >= 4 is 11.3 Å². The van der Waals surface area contributed by atoms with Crippen LogP contribution in [-0.2, 0) is 11.3 Å². The summed E-state index contributed by atoms with van der Waals surface area (Å²) in [6.45, 7) is 3.18. The first kappa shape index (κ1) is 15.4. The molecule has 1 atom stereocenters. The summed E-state index contributed by atoms with van der Waals surface area (Å²) in [7, 11) is 0. The van der Waals surface area contributed by atoms with Crippen molar-refractivity contribution in [3.05, 3.63) is 71.5 Å². The van der Waals surface area contributed by atoms with Crippen molar-refractivity contribution in [1.29, 1.82) is 0 Å². The number of hydrogen-bond acceptors (Lipinski definition) is 5. The molecule has 0 amide bonds. The summed E-state index contributed by atoms with van der Waals surface area (Å²) < 4.78 is 5.72. The van der Waals surface area contributed by atoms with E-state index in [1.54, 1.807) is 11.3 Å². The lowest BCUT2D eigenvalue weighted by atomic mass is 10.1. The highest BCUT2D eigenvalue weighted by molar-refractivity contribution is 7.13. The smallest absolute Gasteiger partial charge is 0.123 e. The minimum absolute atomic E-state index is 0.189. The minimum atomic E-state index is 0.189. The molecule has 1 fully saturated rings. The van der Waals surface area contributed by atoms with Gasteiger partial charge in [-0.15, -0.1) is 11.3 Å². The van der Waals surface area contributed by atoms with E-state index in [4.69, 9.17) is 9.72 Å². The highest BCUT2D eigenvalue weighted by atomic mass is 32.1. The molecule has 1 aromatic carbocycles. The van der Waals surface area contributed by atoms with E-state index in [0.717, 1.165) is 36.1 Å². The molecule has 4 rings (SSSR count). The number of ether oxygens (including phenoxy) is 1. The molecule has 4 nitrogen and oxygen atoms in total. The minimum Gasteiger partial charge on any atom is -0.378 e. The molecule has 1 aliphatic heterocycles. The highest BCUT2D eigenvalue weighted by Crippen LogP contribution is 2.30. The molecule has 3 aromatic rings. The number of morpholine rings is 1. The second-order valence-corrected chi connectivity index (χ2v) is 6.68. The van der Waals surface area contributed by atoms with Crippen molar-refractivity contribution in [1.82, 2.24) is 14.9 Å². The molecule has 1 aliphatic rings. The number of rotatable bonds is 4. The summed E-state index contributed by atoms with van der Waals surface area (Å²) in [6.07, 6.45) is 1.85. The number of aromatic nitrogens is 2. The maximum atomic E-state index is 5.72. The Morgan fingerprint density at radius 3 is 2.83 bits per heavy atom. The monoisotopic (exact) mass is 337 g/mol. The second kappa shape index (κ2) is 7.21. The first-order valence-corrected chi connectivity index (χ1v) is 9.01. The maximum Gasteiger partial charge on any atom is 0.123 e. The lowest BCUT2D eigenvalue weighted by Crippen LogP contribution is -2.39. The van der Waals surface area contributed by atoms with Gasteiger partial charge >= 0.3 is 0 Å². The van der Waals surface area contributed by atoms with Crippen LogP contribution in [-0.4, -0.2) is 34.6 Å². The largest absolute Gasteiger partial charge is 0.378 e. The Kier molecular flexibility index (Phi) is 4.64. The molecular weight excluding hydrogens is 318 g/mol. The van der Waals surface area contributed by atoms with E-state index >= 15 is 0 Å². The highest BCUT2D eigenvalue weighted by Gasteiger charge is 2.27. The molecule has 2 aromatic heterocycles. The molecule has 24 heavy (non-hydrogen) atoms. The molecule has 0 N–H and O–H groups in total. The van der Waals surface area contributed by atoms with Crippen LogP contribution < -0.4 is 0 Å².